The SMILES string of the molecule is CC(C)N(C)C(C)C.COCCC#N.COCCSCCP(=O)(OC)OC. The third kappa shape index (κ3) is 23.8. The molecule has 0 aromatic heterocycles. The monoisotopic (exact) mass is 428 g/mol. The molecule has 0 aliphatic carbocycles. The summed E-state index contributed by atoms with van der Waals surface area (Å²) in [5, 5.41) is 7.87. The quantitative estimate of drug-likeness (QED) is 0.339. The van der Waals surface area contributed by atoms with E-state index in [0.717, 1.165) is 18.1 Å². The zero-order valence-corrected chi connectivity index (χ0v) is 20.4. The first-order valence-corrected chi connectivity index (χ1v) is 11.9. The Balaban J connectivity index is -0.000000351. The fraction of sp³-hybridized carbons (Fsp3) is 0.944. The van der Waals surface area contributed by atoms with Crippen molar-refractivity contribution in [3.8, 4) is 6.07 Å². The predicted molar refractivity (Wildman–Crippen MR) is 116 cm³/mol. The maximum atomic E-state index is 11.5. The molecule has 0 spiro atoms. The van der Waals surface area contributed by atoms with Crippen molar-refractivity contribution in [1.82, 2.24) is 4.90 Å². The molecule has 0 aliphatic rings. The lowest BCUT2D eigenvalue weighted by Crippen LogP contribution is -2.32. The van der Waals surface area contributed by atoms with Crippen molar-refractivity contribution in [1.29, 1.82) is 5.26 Å². The summed E-state index contributed by atoms with van der Waals surface area (Å²) in [7, 11) is 5.41. The molecule has 0 heterocycles. The molecule has 0 amide bonds. The third-order valence-electron chi connectivity index (χ3n) is 3.54. The summed E-state index contributed by atoms with van der Waals surface area (Å²) in [4.78, 5) is 2.33. The summed E-state index contributed by atoms with van der Waals surface area (Å²) in [5.41, 5.74) is 0. The van der Waals surface area contributed by atoms with Crippen molar-refractivity contribution >= 4 is 19.4 Å². The van der Waals surface area contributed by atoms with E-state index in [1.807, 2.05) is 6.07 Å². The summed E-state index contributed by atoms with van der Waals surface area (Å²) < 4.78 is 30.5. The van der Waals surface area contributed by atoms with E-state index in [2.05, 4.69) is 44.4 Å². The Kier molecular flexibility index (Phi) is 25.9. The summed E-state index contributed by atoms with van der Waals surface area (Å²) in [5.74, 6) is 1.67. The van der Waals surface area contributed by atoms with E-state index in [1.165, 1.54) is 14.2 Å². The summed E-state index contributed by atoms with van der Waals surface area (Å²) in [6.07, 6.45) is 0.949. The van der Waals surface area contributed by atoms with Crippen molar-refractivity contribution in [2.75, 3.05) is 66.4 Å². The Morgan fingerprint density at radius 1 is 0.963 bits per heavy atom. The van der Waals surface area contributed by atoms with Crippen LogP contribution >= 0.6 is 19.4 Å². The van der Waals surface area contributed by atoms with E-state index in [1.54, 1.807) is 26.0 Å². The van der Waals surface area contributed by atoms with E-state index in [-0.39, 0.29) is 0 Å². The molecule has 0 radical (unpaired) electrons. The molecule has 7 nitrogen and oxygen atoms in total. The second kappa shape index (κ2) is 22.2. The molecule has 0 rings (SSSR count). The van der Waals surface area contributed by atoms with Gasteiger partial charge in [0.05, 0.1) is 31.9 Å². The summed E-state index contributed by atoms with van der Waals surface area (Å²) in [6.45, 7) is 10.1. The molecule has 0 fully saturated rings. The smallest absolute Gasteiger partial charge is 0.330 e. The number of hydrogen-bond acceptors (Lipinski definition) is 8. The maximum absolute atomic E-state index is 11.5. The lowest BCUT2D eigenvalue weighted by Gasteiger charge is -2.24. The highest BCUT2D eigenvalue weighted by Crippen LogP contribution is 2.46. The summed E-state index contributed by atoms with van der Waals surface area (Å²) >= 11 is 1.68. The topological polar surface area (TPSA) is 81.0 Å². The molecule has 27 heavy (non-hydrogen) atoms. The van der Waals surface area contributed by atoms with Gasteiger partial charge in [0.1, 0.15) is 0 Å². The van der Waals surface area contributed by atoms with Gasteiger partial charge in [-0.2, -0.15) is 17.0 Å². The predicted octanol–water partition coefficient (Wildman–Crippen LogP) is 4.13. The van der Waals surface area contributed by atoms with Crippen molar-refractivity contribution in [2.45, 2.75) is 46.2 Å². The first kappa shape index (κ1) is 31.6. The molecule has 0 aromatic rings. The minimum absolute atomic E-state index is 0.453. The average Bonchev–Trinajstić information content (AvgIpc) is 2.66. The summed E-state index contributed by atoms with van der Waals surface area (Å²) in [6, 6.07) is 3.30. The molecule has 9 heteroatoms. The largest absolute Gasteiger partial charge is 0.384 e. The third-order valence-corrected chi connectivity index (χ3v) is 6.68. The Bertz CT molecular complexity index is 376. The van der Waals surface area contributed by atoms with Crippen LogP contribution in [0.5, 0.6) is 0 Å². The normalized spacial score (nSPS) is 10.9. The second-order valence-electron chi connectivity index (χ2n) is 6.06. The number of hydrogen-bond donors (Lipinski definition) is 0. The highest BCUT2D eigenvalue weighted by Gasteiger charge is 2.19. The van der Waals surface area contributed by atoms with Gasteiger partial charge in [-0.25, -0.2) is 0 Å². The lowest BCUT2D eigenvalue weighted by molar-refractivity contribution is 0.205. The Hall–Kier alpha value is -0.130. The minimum Gasteiger partial charge on any atom is -0.384 e. The fourth-order valence-electron chi connectivity index (χ4n) is 1.42. The van der Waals surface area contributed by atoms with E-state index < -0.39 is 7.60 Å². The van der Waals surface area contributed by atoms with Crippen LogP contribution in [0, 0.1) is 11.3 Å². The van der Waals surface area contributed by atoms with Gasteiger partial charge in [-0.1, -0.05) is 0 Å². The Morgan fingerprint density at radius 2 is 1.44 bits per heavy atom. The van der Waals surface area contributed by atoms with Crippen LogP contribution in [0.2, 0.25) is 0 Å². The van der Waals surface area contributed by atoms with Gasteiger partial charge in [0.25, 0.3) is 0 Å². The van der Waals surface area contributed by atoms with Crippen molar-refractivity contribution in [3.05, 3.63) is 0 Å². The zero-order valence-electron chi connectivity index (χ0n) is 18.7. The van der Waals surface area contributed by atoms with Gasteiger partial charge in [-0.05, 0) is 34.7 Å². The molecule has 0 aliphatic heterocycles. The van der Waals surface area contributed by atoms with Gasteiger partial charge < -0.3 is 23.4 Å². The number of nitrogens with zero attached hydrogens (tertiary/aromatic N) is 2. The fourth-order valence-corrected chi connectivity index (χ4v) is 3.84. The standard InChI is InChI=1S/C7H17N.C7H17O4PS.C4H7NO/c1-6(2)8(5)7(3)4;1-9-4-6-13-7-5-12(8,10-2)11-3;1-6-4-2-3-5/h6-7H,1-5H3;4-7H2,1-3H3;2,4H2,1H3. The number of nitriles is 1. The van der Waals surface area contributed by atoms with Crippen LogP contribution < -0.4 is 0 Å². The van der Waals surface area contributed by atoms with Gasteiger partial charge in [-0.3, -0.25) is 4.57 Å². The van der Waals surface area contributed by atoms with Gasteiger partial charge >= 0.3 is 7.60 Å². The van der Waals surface area contributed by atoms with Crippen LogP contribution in [0.3, 0.4) is 0 Å². The van der Waals surface area contributed by atoms with E-state index in [9.17, 15) is 4.57 Å². The number of thioether (sulfide) groups is 1. The number of ether oxygens (including phenoxy) is 2. The van der Waals surface area contributed by atoms with Crippen LogP contribution in [0.1, 0.15) is 34.1 Å². The van der Waals surface area contributed by atoms with Crippen molar-refractivity contribution in [2.24, 2.45) is 0 Å². The molecule has 0 bridgehead atoms. The molecular weight excluding hydrogens is 387 g/mol. The molecule has 0 saturated heterocycles. The first-order valence-electron chi connectivity index (χ1n) is 9.00. The molecular formula is C18H41N2O5PS. The first-order chi connectivity index (χ1) is 12.6. The van der Waals surface area contributed by atoms with E-state index in [0.29, 0.717) is 31.3 Å². The zero-order chi connectivity index (χ0) is 21.7. The molecule has 0 N–H and O–H groups in total. The number of methoxy groups -OCH3 is 2. The molecule has 0 aromatic carbocycles. The molecule has 0 saturated carbocycles. The highest BCUT2D eigenvalue weighted by atomic mass is 32.2. The van der Waals surface area contributed by atoms with Gasteiger partial charge in [-0.15, -0.1) is 0 Å². The number of rotatable bonds is 12. The average molecular weight is 429 g/mol. The highest BCUT2D eigenvalue weighted by molar-refractivity contribution is 7.99. The van der Waals surface area contributed by atoms with Crippen LogP contribution in [0.4, 0.5) is 0 Å². The Labute approximate surface area is 171 Å². The van der Waals surface area contributed by atoms with Gasteiger partial charge in [0, 0.05) is 52.0 Å². The van der Waals surface area contributed by atoms with Crippen LogP contribution in [0.25, 0.3) is 0 Å². The van der Waals surface area contributed by atoms with Crippen LogP contribution in [0.15, 0.2) is 0 Å². The van der Waals surface area contributed by atoms with Crippen LogP contribution in [-0.2, 0) is 23.1 Å². The van der Waals surface area contributed by atoms with Gasteiger partial charge in [0.2, 0.25) is 0 Å². The molecule has 0 unspecified atom stereocenters. The maximum Gasteiger partial charge on any atom is 0.330 e. The van der Waals surface area contributed by atoms with Crippen LogP contribution in [-0.4, -0.2) is 83.4 Å². The van der Waals surface area contributed by atoms with Crippen molar-refractivity contribution in [3.63, 3.8) is 0 Å². The molecule has 164 valence electrons. The minimum atomic E-state index is -2.79. The van der Waals surface area contributed by atoms with Crippen molar-refractivity contribution < 1.29 is 23.1 Å². The Morgan fingerprint density at radius 3 is 1.70 bits per heavy atom. The van der Waals surface area contributed by atoms with E-state index >= 15 is 0 Å². The van der Waals surface area contributed by atoms with Gasteiger partial charge in [0.15, 0.2) is 0 Å². The lowest BCUT2D eigenvalue weighted by atomic mass is 10.3. The second-order valence-corrected chi connectivity index (χ2v) is 9.68. The molecule has 0 atom stereocenters. The van der Waals surface area contributed by atoms with E-state index in [4.69, 9.17) is 19.0 Å².